The van der Waals surface area contributed by atoms with Crippen LogP contribution in [0.5, 0.6) is 0 Å². The molecule has 160 valence electrons. The van der Waals surface area contributed by atoms with Crippen molar-refractivity contribution in [3.8, 4) is 11.4 Å². The molecule has 0 aliphatic heterocycles. The Balaban J connectivity index is 1.53. The molecular weight excluding hydrogens is 428 g/mol. The lowest BCUT2D eigenvalue weighted by Crippen LogP contribution is -2.12. The van der Waals surface area contributed by atoms with Gasteiger partial charge in [-0.15, -0.1) is 5.10 Å². The number of carbonyl (C=O) groups excluding carboxylic acids is 1. The molecule has 0 bridgehead atoms. The Kier molecular flexibility index (Phi) is 5.82. The molecule has 4 rings (SSSR count). The van der Waals surface area contributed by atoms with Gasteiger partial charge >= 0.3 is 0 Å². The molecule has 0 aliphatic carbocycles. The van der Waals surface area contributed by atoms with E-state index in [1.807, 2.05) is 0 Å². The SMILES string of the molecule is Cn1nc(-c2ccc(C(=O)Nc3ccccn3)cc2)nc1Nc1ccc(N)c(C=N)c1Cl. The number of aryl methyl sites for hydroxylation is 1. The highest BCUT2D eigenvalue weighted by molar-refractivity contribution is 6.36. The number of amides is 1. The van der Waals surface area contributed by atoms with Gasteiger partial charge in [-0.25, -0.2) is 9.67 Å². The maximum Gasteiger partial charge on any atom is 0.256 e. The number of nitrogens with zero attached hydrogens (tertiary/aromatic N) is 4. The van der Waals surface area contributed by atoms with Crippen LogP contribution >= 0.6 is 11.6 Å². The zero-order valence-electron chi connectivity index (χ0n) is 17.0. The number of hydrogen-bond donors (Lipinski definition) is 4. The second-order valence-corrected chi connectivity index (χ2v) is 7.21. The second kappa shape index (κ2) is 8.86. The van der Waals surface area contributed by atoms with Crippen molar-refractivity contribution in [1.29, 1.82) is 5.41 Å². The van der Waals surface area contributed by atoms with E-state index >= 15 is 0 Å². The molecule has 0 atom stereocenters. The zero-order chi connectivity index (χ0) is 22.7. The van der Waals surface area contributed by atoms with Gasteiger partial charge in [-0.2, -0.15) is 4.98 Å². The van der Waals surface area contributed by atoms with Crippen LogP contribution in [0.4, 0.5) is 23.1 Å². The van der Waals surface area contributed by atoms with Crippen LogP contribution in [0.15, 0.2) is 60.8 Å². The number of nitrogens with one attached hydrogen (secondary N) is 3. The van der Waals surface area contributed by atoms with Crippen molar-refractivity contribution in [2.75, 3.05) is 16.4 Å². The van der Waals surface area contributed by atoms with Gasteiger partial charge in [0.05, 0.1) is 10.7 Å². The first-order chi connectivity index (χ1) is 15.5. The molecule has 10 heteroatoms. The van der Waals surface area contributed by atoms with Gasteiger partial charge in [0.15, 0.2) is 5.82 Å². The molecule has 0 unspecified atom stereocenters. The number of nitrogen functional groups attached to an aromatic ring is 1. The van der Waals surface area contributed by atoms with E-state index in [1.165, 1.54) is 0 Å². The molecule has 0 fully saturated rings. The number of halogens is 1. The average molecular weight is 447 g/mol. The Morgan fingerprint density at radius 2 is 1.94 bits per heavy atom. The summed E-state index contributed by atoms with van der Waals surface area (Å²) in [5, 5.41) is 18.1. The lowest BCUT2D eigenvalue weighted by Gasteiger charge is -2.10. The number of aromatic nitrogens is 4. The third-order valence-electron chi connectivity index (χ3n) is 4.68. The minimum absolute atomic E-state index is 0.258. The summed E-state index contributed by atoms with van der Waals surface area (Å²) in [4.78, 5) is 21.0. The molecule has 0 radical (unpaired) electrons. The Labute approximate surface area is 188 Å². The van der Waals surface area contributed by atoms with Crippen molar-refractivity contribution in [3.63, 3.8) is 0 Å². The maximum atomic E-state index is 12.4. The van der Waals surface area contributed by atoms with Crippen LogP contribution in [-0.2, 0) is 7.05 Å². The first-order valence-corrected chi connectivity index (χ1v) is 9.93. The maximum absolute atomic E-state index is 12.4. The van der Waals surface area contributed by atoms with Gasteiger partial charge in [0.1, 0.15) is 5.82 Å². The molecule has 9 nitrogen and oxygen atoms in total. The molecule has 2 aromatic heterocycles. The highest BCUT2D eigenvalue weighted by atomic mass is 35.5. The Bertz CT molecular complexity index is 1290. The number of nitrogens with two attached hydrogens (primary N) is 1. The summed E-state index contributed by atoms with van der Waals surface area (Å²) >= 11 is 6.35. The fraction of sp³-hybridized carbons (Fsp3) is 0.0455. The summed E-state index contributed by atoms with van der Waals surface area (Å²) in [6, 6.07) is 15.6. The Hall–Kier alpha value is -4.24. The molecule has 2 aromatic carbocycles. The first kappa shape index (κ1) is 21.0. The molecule has 5 N–H and O–H groups in total. The van der Waals surface area contributed by atoms with Crippen LogP contribution in [0.2, 0.25) is 5.02 Å². The largest absolute Gasteiger partial charge is 0.398 e. The van der Waals surface area contributed by atoms with Crippen LogP contribution in [0.3, 0.4) is 0 Å². The quantitative estimate of drug-likeness (QED) is 0.260. The normalized spacial score (nSPS) is 10.6. The van der Waals surface area contributed by atoms with Crippen molar-refractivity contribution in [1.82, 2.24) is 19.7 Å². The third-order valence-corrected chi connectivity index (χ3v) is 5.09. The van der Waals surface area contributed by atoms with Gasteiger partial charge in [-0.05, 0) is 36.4 Å². The van der Waals surface area contributed by atoms with Crippen LogP contribution in [0.25, 0.3) is 11.4 Å². The smallest absolute Gasteiger partial charge is 0.256 e. The van der Waals surface area contributed by atoms with E-state index in [9.17, 15) is 4.79 Å². The molecule has 2 heterocycles. The fourth-order valence-corrected chi connectivity index (χ4v) is 3.26. The van der Waals surface area contributed by atoms with Crippen molar-refractivity contribution in [3.05, 3.63) is 76.9 Å². The molecule has 0 spiro atoms. The van der Waals surface area contributed by atoms with Gasteiger partial charge < -0.3 is 21.8 Å². The summed E-state index contributed by atoms with van der Waals surface area (Å²) in [7, 11) is 1.75. The number of hydrogen-bond acceptors (Lipinski definition) is 7. The monoisotopic (exact) mass is 446 g/mol. The van der Waals surface area contributed by atoms with Crippen LogP contribution in [-0.4, -0.2) is 31.9 Å². The average Bonchev–Trinajstić information content (AvgIpc) is 3.17. The fourth-order valence-electron chi connectivity index (χ4n) is 2.98. The van der Waals surface area contributed by atoms with Gasteiger partial charge in [-0.1, -0.05) is 29.8 Å². The summed E-state index contributed by atoms with van der Waals surface area (Å²) in [6.07, 6.45) is 2.72. The molecule has 0 saturated heterocycles. The standard InChI is InChI=1S/C22H19ClN8O/c1-31-22(27-17-10-9-16(25)15(12-24)19(17)23)29-20(30-31)13-5-7-14(8-6-13)21(32)28-18-4-2-3-11-26-18/h2-12,24H,25H2,1H3,(H,26,28,32)(H,27,29,30). The Morgan fingerprint density at radius 3 is 2.62 bits per heavy atom. The van der Waals surface area contributed by atoms with Crippen molar-refractivity contribution in [2.24, 2.45) is 7.05 Å². The van der Waals surface area contributed by atoms with E-state index in [2.05, 4.69) is 25.7 Å². The topological polar surface area (TPSA) is 135 Å². The number of pyridine rings is 1. The minimum atomic E-state index is -0.258. The van der Waals surface area contributed by atoms with Crippen molar-refractivity contribution < 1.29 is 4.79 Å². The van der Waals surface area contributed by atoms with Crippen LogP contribution < -0.4 is 16.4 Å². The lowest BCUT2D eigenvalue weighted by atomic mass is 10.1. The Morgan fingerprint density at radius 1 is 1.16 bits per heavy atom. The van der Waals surface area contributed by atoms with E-state index < -0.39 is 0 Å². The first-order valence-electron chi connectivity index (χ1n) is 9.55. The predicted molar refractivity (Wildman–Crippen MR) is 126 cm³/mol. The van der Waals surface area contributed by atoms with Gasteiger partial charge in [0.2, 0.25) is 5.95 Å². The summed E-state index contributed by atoms with van der Waals surface area (Å²) in [5.74, 6) is 1.16. The number of rotatable bonds is 6. The third kappa shape index (κ3) is 4.28. The van der Waals surface area contributed by atoms with Gasteiger partial charge in [0.25, 0.3) is 5.91 Å². The van der Waals surface area contributed by atoms with Crippen LogP contribution in [0.1, 0.15) is 15.9 Å². The van der Waals surface area contributed by atoms with Crippen molar-refractivity contribution >= 4 is 46.9 Å². The van der Waals surface area contributed by atoms with Gasteiger partial charge in [0, 0.05) is 41.8 Å². The second-order valence-electron chi connectivity index (χ2n) is 6.83. The van der Waals surface area contributed by atoms with E-state index in [0.717, 1.165) is 11.8 Å². The molecule has 1 amide bonds. The minimum Gasteiger partial charge on any atom is -0.398 e. The predicted octanol–water partition coefficient (Wildman–Crippen LogP) is 4.11. The lowest BCUT2D eigenvalue weighted by molar-refractivity contribution is 0.102. The molecule has 32 heavy (non-hydrogen) atoms. The van der Waals surface area contributed by atoms with Crippen LogP contribution in [0, 0.1) is 5.41 Å². The van der Waals surface area contributed by atoms with E-state index in [-0.39, 0.29) is 5.91 Å². The van der Waals surface area contributed by atoms with Crippen molar-refractivity contribution in [2.45, 2.75) is 0 Å². The zero-order valence-corrected chi connectivity index (χ0v) is 17.8. The molecular formula is C22H19ClN8O. The highest BCUT2D eigenvalue weighted by Gasteiger charge is 2.14. The van der Waals surface area contributed by atoms with Gasteiger partial charge in [-0.3, -0.25) is 4.79 Å². The van der Waals surface area contributed by atoms with E-state index in [1.54, 1.807) is 72.5 Å². The molecule has 0 aliphatic rings. The number of carbonyl (C=O) groups is 1. The summed E-state index contributed by atoms with van der Waals surface area (Å²) < 4.78 is 1.58. The molecule has 4 aromatic rings. The van der Waals surface area contributed by atoms with E-state index in [4.69, 9.17) is 22.7 Å². The summed E-state index contributed by atoms with van der Waals surface area (Å²) in [6.45, 7) is 0. The van der Waals surface area contributed by atoms with E-state index in [0.29, 0.717) is 45.1 Å². The number of benzene rings is 2. The summed E-state index contributed by atoms with van der Waals surface area (Å²) in [5.41, 5.74) is 8.49. The number of anilines is 4. The molecule has 0 saturated carbocycles. The highest BCUT2D eigenvalue weighted by Crippen LogP contribution is 2.31.